The van der Waals surface area contributed by atoms with Crippen molar-refractivity contribution >= 4 is 23.6 Å². The lowest BCUT2D eigenvalue weighted by Crippen LogP contribution is -2.21. The molecule has 0 saturated heterocycles. The molecule has 2 aromatic carbocycles. The van der Waals surface area contributed by atoms with Crippen LogP contribution in [0.25, 0.3) is 11.8 Å². The second-order valence-electron chi connectivity index (χ2n) is 6.51. The minimum absolute atomic E-state index is 0.0637. The lowest BCUT2D eigenvalue weighted by atomic mass is 10.1. The van der Waals surface area contributed by atoms with Crippen LogP contribution >= 0.6 is 0 Å². The fourth-order valence-electron chi connectivity index (χ4n) is 2.64. The molecule has 3 aromatic rings. The van der Waals surface area contributed by atoms with Gasteiger partial charge in [-0.2, -0.15) is 27.1 Å². The normalized spacial score (nSPS) is 11.6. The van der Waals surface area contributed by atoms with Crippen molar-refractivity contribution < 1.29 is 41.0 Å². The Bertz CT molecular complexity index is 1160. The molecule has 0 aliphatic carbocycles. The van der Waals surface area contributed by atoms with Gasteiger partial charge in [0, 0.05) is 6.08 Å². The number of hydrogen-bond acceptors (Lipinski definition) is 6. The Hall–Kier alpha value is -4.29. The first-order chi connectivity index (χ1) is 16.1. The maximum absolute atomic E-state index is 13.1. The van der Waals surface area contributed by atoms with E-state index >= 15 is 0 Å². The molecule has 0 unspecified atom stereocenters. The van der Waals surface area contributed by atoms with E-state index in [9.17, 15) is 31.5 Å². The number of benzene rings is 2. The van der Waals surface area contributed by atoms with Crippen molar-refractivity contribution in [1.82, 2.24) is 14.8 Å². The highest BCUT2D eigenvalue weighted by Gasteiger charge is 2.31. The Kier molecular flexibility index (Phi) is 7.56. The first-order valence-corrected chi connectivity index (χ1v) is 9.37. The predicted molar refractivity (Wildman–Crippen MR) is 108 cm³/mol. The Balaban J connectivity index is 1.61. The first-order valence-electron chi connectivity index (χ1n) is 9.37. The van der Waals surface area contributed by atoms with E-state index in [0.29, 0.717) is 5.56 Å². The van der Waals surface area contributed by atoms with Gasteiger partial charge in [0.2, 0.25) is 0 Å². The largest absolute Gasteiger partial charge is 0.452 e. The molecule has 34 heavy (non-hydrogen) atoms. The Morgan fingerprint density at radius 2 is 1.85 bits per heavy atom. The van der Waals surface area contributed by atoms with Crippen LogP contribution in [0.15, 0.2) is 61.2 Å². The number of carbonyl (C=O) groups is 2. The molecular formula is C21H15F5N4O4. The van der Waals surface area contributed by atoms with Crippen LogP contribution in [0.4, 0.5) is 27.6 Å². The quantitative estimate of drug-likeness (QED) is 0.295. The molecule has 0 aliphatic heterocycles. The number of hydrogen-bond donors (Lipinski definition) is 1. The Morgan fingerprint density at radius 1 is 1.12 bits per heavy atom. The van der Waals surface area contributed by atoms with Gasteiger partial charge in [-0.05, 0) is 42.0 Å². The van der Waals surface area contributed by atoms with Crippen LogP contribution in [0.5, 0.6) is 5.75 Å². The number of anilines is 1. The molecule has 0 radical (unpaired) electrons. The molecule has 0 aliphatic rings. The average Bonchev–Trinajstić information content (AvgIpc) is 3.31. The third-order valence-corrected chi connectivity index (χ3v) is 4.13. The number of rotatable bonds is 8. The highest BCUT2D eigenvalue weighted by Crippen LogP contribution is 2.33. The van der Waals surface area contributed by atoms with Crippen LogP contribution in [-0.4, -0.2) is 39.9 Å². The van der Waals surface area contributed by atoms with Crippen LogP contribution < -0.4 is 10.1 Å². The molecule has 1 heterocycles. The first kappa shape index (κ1) is 24.4. The molecule has 0 saturated carbocycles. The molecule has 3 rings (SSSR count). The zero-order valence-corrected chi connectivity index (χ0v) is 17.0. The number of alkyl halides is 5. The molecular weight excluding hydrogens is 467 g/mol. The van der Waals surface area contributed by atoms with Crippen molar-refractivity contribution in [1.29, 1.82) is 0 Å². The fraction of sp³-hybridized carbons (Fsp3) is 0.143. The van der Waals surface area contributed by atoms with Gasteiger partial charge in [-0.25, -0.2) is 14.5 Å². The van der Waals surface area contributed by atoms with Gasteiger partial charge >= 0.3 is 18.8 Å². The van der Waals surface area contributed by atoms with Crippen molar-refractivity contribution in [2.24, 2.45) is 0 Å². The molecule has 0 fully saturated rings. The minimum Gasteiger partial charge on any atom is -0.452 e. The van der Waals surface area contributed by atoms with Gasteiger partial charge in [0.15, 0.2) is 6.61 Å². The number of amides is 1. The third kappa shape index (κ3) is 6.85. The number of carbonyl (C=O) groups excluding carboxylic acids is 2. The van der Waals surface area contributed by atoms with Crippen molar-refractivity contribution in [3.8, 4) is 11.4 Å². The van der Waals surface area contributed by atoms with E-state index in [1.807, 2.05) is 0 Å². The Labute approximate surface area is 188 Å². The molecule has 8 nitrogen and oxygen atoms in total. The molecule has 178 valence electrons. The topological polar surface area (TPSA) is 95.3 Å². The highest BCUT2D eigenvalue weighted by atomic mass is 19.4. The summed E-state index contributed by atoms with van der Waals surface area (Å²) in [5.41, 5.74) is -0.645. The Morgan fingerprint density at radius 3 is 2.47 bits per heavy atom. The average molecular weight is 482 g/mol. The summed E-state index contributed by atoms with van der Waals surface area (Å²) in [4.78, 5) is 27.7. The molecule has 1 aromatic heterocycles. The summed E-state index contributed by atoms with van der Waals surface area (Å²) in [6.07, 6.45) is 0.0385. The number of ether oxygens (including phenoxy) is 2. The van der Waals surface area contributed by atoms with E-state index in [1.54, 1.807) is 0 Å². The van der Waals surface area contributed by atoms with Gasteiger partial charge in [0.05, 0.1) is 16.9 Å². The summed E-state index contributed by atoms with van der Waals surface area (Å²) in [6, 6.07) is 8.01. The van der Waals surface area contributed by atoms with Gasteiger partial charge in [-0.1, -0.05) is 12.1 Å². The van der Waals surface area contributed by atoms with E-state index in [0.717, 1.165) is 35.3 Å². The zero-order valence-electron chi connectivity index (χ0n) is 17.0. The number of nitrogens with one attached hydrogen (secondary N) is 1. The summed E-state index contributed by atoms with van der Waals surface area (Å²) in [5, 5.41) is 6.08. The highest BCUT2D eigenvalue weighted by molar-refractivity contribution is 5.96. The minimum atomic E-state index is -4.65. The van der Waals surface area contributed by atoms with Crippen molar-refractivity contribution in [2.45, 2.75) is 12.8 Å². The van der Waals surface area contributed by atoms with E-state index in [2.05, 4.69) is 20.1 Å². The van der Waals surface area contributed by atoms with E-state index in [4.69, 9.17) is 4.74 Å². The van der Waals surface area contributed by atoms with Crippen molar-refractivity contribution in [2.75, 3.05) is 11.9 Å². The van der Waals surface area contributed by atoms with Gasteiger partial charge in [-0.15, -0.1) is 0 Å². The summed E-state index contributed by atoms with van der Waals surface area (Å²) in [5.74, 6) is -1.87. The van der Waals surface area contributed by atoms with Crippen LogP contribution in [-0.2, 0) is 20.5 Å². The van der Waals surface area contributed by atoms with Crippen LogP contribution in [0.3, 0.4) is 0 Å². The lowest BCUT2D eigenvalue weighted by molar-refractivity contribution is -0.142. The maximum Gasteiger partial charge on any atom is 0.416 e. The zero-order chi connectivity index (χ0) is 24.7. The summed E-state index contributed by atoms with van der Waals surface area (Å²) in [7, 11) is 0. The summed E-state index contributed by atoms with van der Waals surface area (Å²) >= 11 is 0. The summed E-state index contributed by atoms with van der Waals surface area (Å²) in [6.45, 7) is -3.75. The van der Waals surface area contributed by atoms with E-state index in [1.165, 1.54) is 36.7 Å². The standard InChI is InChI=1S/C21H15F5N4O4/c22-20(23)34-15-5-1-13(2-6-15)3-8-19(32)33-10-18(31)29-16-9-14(21(24,25)26)4-7-17(16)30-12-27-11-28-30/h1-9,11-12,20H,10H2,(H,29,31)/b8-3+. The molecule has 1 amide bonds. The smallest absolute Gasteiger partial charge is 0.416 e. The third-order valence-electron chi connectivity index (χ3n) is 4.13. The maximum atomic E-state index is 13.1. The van der Waals surface area contributed by atoms with E-state index < -0.39 is 36.8 Å². The van der Waals surface area contributed by atoms with Crippen molar-refractivity contribution in [3.63, 3.8) is 0 Å². The van der Waals surface area contributed by atoms with Crippen LogP contribution in [0.1, 0.15) is 11.1 Å². The molecule has 13 heteroatoms. The number of halogens is 5. The number of esters is 1. The fourth-order valence-corrected chi connectivity index (χ4v) is 2.64. The van der Waals surface area contributed by atoms with Gasteiger partial charge < -0.3 is 14.8 Å². The summed E-state index contributed by atoms with van der Waals surface area (Å²) < 4.78 is 73.6. The molecule has 0 atom stereocenters. The predicted octanol–water partition coefficient (Wildman–Crippen LogP) is 4.08. The monoisotopic (exact) mass is 482 g/mol. The van der Waals surface area contributed by atoms with Crippen molar-refractivity contribution in [3.05, 3.63) is 72.3 Å². The van der Waals surface area contributed by atoms with Crippen LogP contribution in [0, 0.1) is 0 Å². The van der Waals surface area contributed by atoms with Gasteiger partial charge in [0.25, 0.3) is 5.91 Å². The molecule has 0 spiro atoms. The van der Waals surface area contributed by atoms with Crippen LogP contribution in [0.2, 0.25) is 0 Å². The van der Waals surface area contributed by atoms with E-state index in [-0.39, 0.29) is 17.1 Å². The second kappa shape index (κ2) is 10.6. The van der Waals surface area contributed by atoms with Gasteiger partial charge in [-0.3, -0.25) is 4.79 Å². The SMILES string of the molecule is O=C(COC(=O)/C=C/c1ccc(OC(F)F)cc1)Nc1cc(C(F)(F)F)ccc1-n1cncn1. The molecule has 0 bridgehead atoms. The number of aromatic nitrogens is 3. The number of nitrogens with zero attached hydrogens (tertiary/aromatic N) is 3. The van der Waals surface area contributed by atoms with Gasteiger partial charge in [0.1, 0.15) is 18.4 Å². The lowest BCUT2D eigenvalue weighted by Gasteiger charge is -2.14. The molecule has 1 N–H and O–H groups in total. The second-order valence-corrected chi connectivity index (χ2v) is 6.51.